The minimum atomic E-state index is -0.360. The largest absolute Gasteiger partial charge is 0.486 e. The number of hydrogen-bond acceptors (Lipinski definition) is 4. The molecule has 8 heteroatoms. The molecule has 128 valence electrons. The molecule has 0 aliphatic carbocycles. The highest BCUT2D eigenvalue weighted by molar-refractivity contribution is 7.16. The minimum Gasteiger partial charge on any atom is -0.486 e. The van der Waals surface area contributed by atoms with Crippen LogP contribution in [0.15, 0.2) is 35.3 Å². The fourth-order valence-electron chi connectivity index (χ4n) is 2.63. The van der Waals surface area contributed by atoms with Crippen LogP contribution in [0.25, 0.3) is 10.2 Å². The van der Waals surface area contributed by atoms with Gasteiger partial charge in [0, 0.05) is 17.6 Å². The van der Waals surface area contributed by atoms with Crippen molar-refractivity contribution in [3.8, 4) is 11.5 Å². The van der Waals surface area contributed by atoms with E-state index in [9.17, 15) is 4.79 Å². The van der Waals surface area contributed by atoms with Crippen molar-refractivity contribution in [1.29, 1.82) is 0 Å². The number of benzene rings is 2. The van der Waals surface area contributed by atoms with Crippen molar-refractivity contribution in [2.24, 2.45) is 12.0 Å². The molecular weight excluding hydrogens is 383 g/mol. The predicted molar refractivity (Wildman–Crippen MR) is 98.1 cm³/mol. The van der Waals surface area contributed by atoms with E-state index >= 15 is 0 Å². The van der Waals surface area contributed by atoms with Crippen LogP contribution in [0.1, 0.15) is 10.4 Å². The summed E-state index contributed by atoms with van der Waals surface area (Å²) in [7, 11) is 1.81. The Morgan fingerprint density at radius 3 is 2.72 bits per heavy atom. The van der Waals surface area contributed by atoms with Gasteiger partial charge in [-0.3, -0.25) is 4.79 Å². The molecule has 0 N–H and O–H groups in total. The van der Waals surface area contributed by atoms with Gasteiger partial charge in [-0.05, 0) is 30.3 Å². The number of nitrogens with zero attached hydrogens (tertiary/aromatic N) is 2. The molecule has 1 aliphatic heterocycles. The van der Waals surface area contributed by atoms with E-state index < -0.39 is 0 Å². The van der Waals surface area contributed by atoms with Gasteiger partial charge < -0.3 is 14.0 Å². The lowest BCUT2D eigenvalue weighted by atomic mass is 10.2. The maximum atomic E-state index is 12.6. The zero-order valence-electron chi connectivity index (χ0n) is 13.1. The van der Waals surface area contributed by atoms with Crippen LogP contribution in [0.5, 0.6) is 11.5 Å². The maximum Gasteiger partial charge on any atom is 0.279 e. The first kappa shape index (κ1) is 16.4. The molecule has 4 rings (SSSR count). The van der Waals surface area contributed by atoms with Gasteiger partial charge in [0.05, 0.1) is 15.2 Å². The van der Waals surface area contributed by atoms with Crippen LogP contribution in [0.2, 0.25) is 10.0 Å². The van der Waals surface area contributed by atoms with Crippen LogP contribution in [0, 0.1) is 0 Å². The molecule has 0 atom stereocenters. The quantitative estimate of drug-likeness (QED) is 0.625. The van der Waals surface area contributed by atoms with E-state index in [-0.39, 0.29) is 5.91 Å². The van der Waals surface area contributed by atoms with Crippen molar-refractivity contribution in [3.05, 3.63) is 50.7 Å². The number of rotatable bonds is 1. The average Bonchev–Trinajstić information content (AvgIpc) is 2.90. The summed E-state index contributed by atoms with van der Waals surface area (Å²) in [5.74, 6) is 0.834. The van der Waals surface area contributed by atoms with E-state index in [1.807, 2.05) is 7.05 Å². The lowest BCUT2D eigenvalue weighted by molar-refractivity contribution is 0.0996. The summed E-state index contributed by atoms with van der Waals surface area (Å²) in [6.07, 6.45) is 0. The molecule has 0 unspecified atom stereocenters. The number of aromatic nitrogens is 1. The van der Waals surface area contributed by atoms with Gasteiger partial charge in [-0.1, -0.05) is 34.5 Å². The van der Waals surface area contributed by atoms with E-state index in [1.54, 1.807) is 34.9 Å². The molecule has 2 aromatic carbocycles. The molecule has 0 saturated heterocycles. The van der Waals surface area contributed by atoms with Gasteiger partial charge in [0.2, 0.25) is 0 Å². The van der Waals surface area contributed by atoms with Crippen LogP contribution >= 0.6 is 34.5 Å². The van der Waals surface area contributed by atoms with E-state index in [0.29, 0.717) is 45.1 Å². The van der Waals surface area contributed by atoms with Crippen molar-refractivity contribution < 1.29 is 14.3 Å². The number of carbonyl (C=O) groups excluding carboxylic acids is 1. The molecule has 1 aromatic heterocycles. The third kappa shape index (κ3) is 3.01. The van der Waals surface area contributed by atoms with Gasteiger partial charge >= 0.3 is 0 Å². The Morgan fingerprint density at radius 2 is 1.92 bits per heavy atom. The predicted octanol–water partition coefficient (Wildman–Crippen LogP) is 4.06. The topological polar surface area (TPSA) is 52.8 Å². The highest BCUT2D eigenvalue weighted by Crippen LogP contribution is 2.31. The number of aryl methyl sites for hydroxylation is 1. The van der Waals surface area contributed by atoms with Gasteiger partial charge in [0.25, 0.3) is 5.91 Å². The number of thiazole rings is 1. The number of amides is 1. The second-order valence-electron chi connectivity index (χ2n) is 5.45. The first-order valence-electron chi connectivity index (χ1n) is 7.46. The molecule has 3 aromatic rings. The third-order valence-corrected chi connectivity index (χ3v) is 5.39. The zero-order valence-corrected chi connectivity index (χ0v) is 15.4. The monoisotopic (exact) mass is 394 g/mol. The van der Waals surface area contributed by atoms with Gasteiger partial charge in [0.1, 0.15) is 13.2 Å². The summed E-state index contributed by atoms with van der Waals surface area (Å²) in [5.41, 5.74) is 1.23. The lowest BCUT2D eigenvalue weighted by Crippen LogP contribution is -2.16. The molecule has 0 spiro atoms. The minimum absolute atomic E-state index is 0.360. The standard InChI is InChI=1S/C17H12Cl2N2O3S/c1-21-15-11(19)7-10(18)8-14(15)25-17(21)20-16(22)9-2-3-12-13(6-9)24-5-4-23-12/h2-3,6-8H,4-5H2,1H3. The zero-order chi connectivity index (χ0) is 17.6. The Bertz CT molecular complexity index is 1070. The number of hydrogen-bond donors (Lipinski definition) is 0. The van der Waals surface area contributed by atoms with E-state index in [2.05, 4.69) is 4.99 Å². The van der Waals surface area contributed by atoms with Crippen LogP contribution in [0.3, 0.4) is 0 Å². The summed E-state index contributed by atoms with van der Waals surface area (Å²) >= 11 is 13.7. The van der Waals surface area contributed by atoms with Crippen molar-refractivity contribution in [3.63, 3.8) is 0 Å². The van der Waals surface area contributed by atoms with Crippen molar-refractivity contribution in [2.45, 2.75) is 0 Å². The Balaban J connectivity index is 1.78. The fourth-order valence-corrected chi connectivity index (χ4v) is 4.46. The van der Waals surface area contributed by atoms with Gasteiger partial charge in [-0.2, -0.15) is 4.99 Å². The number of ether oxygens (including phenoxy) is 2. The average molecular weight is 395 g/mol. The van der Waals surface area contributed by atoms with Crippen LogP contribution in [-0.2, 0) is 7.05 Å². The summed E-state index contributed by atoms with van der Waals surface area (Å²) in [6.45, 7) is 0.970. The highest BCUT2D eigenvalue weighted by Gasteiger charge is 2.15. The maximum absolute atomic E-state index is 12.6. The summed E-state index contributed by atoms with van der Waals surface area (Å²) in [6, 6.07) is 8.53. The first-order chi connectivity index (χ1) is 12.0. The number of halogens is 2. The summed E-state index contributed by atoms with van der Waals surface area (Å²) < 4.78 is 13.6. The van der Waals surface area contributed by atoms with E-state index in [1.165, 1.54) is 11.3 Å². The Morgan fingerprint density at radius 1 is 1.16 bits per heavy atom. The van der Waals surface area contributed by atoms with Crippen LogP contribution in [0.4, 0.5) is 0 Å². The van der Waals surface area contributed by atoms with E-state index in [0.717, 1.165) is 10.2 Å². The SMILES string of the molecule is Cn1c(=NC(=O)c2ccc3c(c2)OCCO3)sc2cc(Cl)cc(Cl)c21. The van der Waals surface area contributed by atoms with Crippen molar-refractivity contribution in [2.75, 3.05) is 13.2 Å². The molecule has 0 fully saturated rings. The summed E-state index contributed by atoms with van der Waals surface area (Å²) in [4.78, 5) is 17.3. The fraction of sp³-hybridized carbons (Fsp3) is 0.176. The molecule has 2 heterocycles. The van der Waals surface area contributed by atoms with Crippen LogP contribution < -0.4 is 14.3 Å². The molecule has 1 aliphatic rings. The Labute approximate surface area is 157 Å². The molecule has 5 nitrogen and oxygen atoms in total. The highest BCUT2D eigenvalue weighted by atomic mass is 35.5. The van der Waals surface area contributed by atoms with Gasteiger partial charge in [0.15, 0.2) is 16.3 Å². The van der Waals surface area contributed by atoms with Gasteiger partial charge in [-0.15, -0.1) is 0 Å². The molecule has 0 radical (unpaired) electrons. The lowest BCUT2D eigenvalue weighted by Gasteiger charge is -2.18. The molecule has 25 heavy (non-hydrogen) atoms. The Kier molecular flexibility index (Phi) is 4.19. The molecule has 0 saturated carbocycles. The van der Waals surface area contributed by atoms with Crippen LogP contribution in [-0.4, -0.2) is 23.7 Å². The molecular formula is C17H12Cl2N2O3S. The van der Waals surface area contributed by atoms with Crippen molar-refractivity contribution in [1.82, 2.24) is 4.57 Å². The molecule has 1 amide bonds. The third-order valence-electron chi connectivity index (χ3n) is 3.80. The second kappa shape index (κ2) is 6.37. The van der Waals surface area contributed by atoms with Crippen molar-refractivity contribution >= 4 is 50.7 Å². The molecule has 0 bridgehead atoms. The second-order valence-corrected chi connectivity index (χ2v) is 7.31. The summed E-state index contributed by atoms with van der Waals surface area (Å²) in [5, 5.41) is 1.07. The number of carbonyl (C=O) groups is 1. The normalized spacial score (nSPS) is 14.1. The number of fused-ring (bicyclic) bond motifs is 2. The first-order valence-corrected chi connectivity index (χ1v) is 9.03. The van der Waals surface area contributed by atoms with E-state index in [4.69, 9.17) is 32.7 Å². The smallest absolute Gasteiger partial charge is 0.279 e. The van der Waals surface area contributed by atoms with Gasteiger partial charge in [-0.25, -0.2) is 0 Å². The Hall–Kier alpha value is -2.02.